The first-order chi connectivity index (χ1) is 16.3. The van der Waals surface area contributed by atoms with E-state index in [0.29, 0.717) is 39.7 Å². The van der Waals surface area contributed by atoms with E-state index in [1.54, 1.807) is 18.2 Å². The van der Waals surface area contributed by atoms with Crippen LogP contribution in [0.25, 0.3) is 0 Å². The normalized spacial score (nSPS) is 10.6. The summed E-state index contributed by atoms with van der Waals surface area (Å²) in [5, 5.41) is 12.3. The molecule has 0 spiro atoms. The fourth-order valence-corrected chi connectivity index (χ4v) is 4.28. The molecular weight excluding hydrogens is 476 g/mol. The third-order valence-corrected chi connectivity index (χ3v) is 6.01. The molecule has 1 aromatic heterocycles. The second-order valence-corrected chi connectivity index (χ2v) is 8.78. The Labute approximate surface area is 208 Å². The fourth-order valence-electron chi connectivity index (χ4n) is 3.28. The van der Waals surface area contributed by atoms with Crippen molar-refractivity contribution < 1.29 is 19.0 Å². The van der Waals surface area contributed by atoms with Crippen molar-refractivity contribution in [1.29, 1.82) is 0 Å². The number of anilines is 1. The van der Waals surface area contributed by atoms with Crippen LogP contribution in [0.3, 0.4) is 0 Å². The lowest BCUT2D eigenvalue weighted by molar-refractivity contribution is -0.113. The number of nitrogens with zero attached hydrogens (tertiary/aromatic N) is 3. The molecule has 2 aromatic carbocycles. The van der Waals surface area contributed by atoms with Gasteiger partial charge in [0.2, 0.25) is 5.91 Å². The summed E-state index contributed by atoms with van der Waals surface area (Å²) >= 11 is 7.39. The zero-order valence-corrected chi connectivity index (χ0v) is 21.1. The number of hydrogen-bond donors (Lipinski definition) is 1. The van der Waals surface area contributed by atoms with E-state index in [1.807, 2.05) is 30.5 Å². The molecule has 0 saturated heterocycles. The fraction of sp³-hybridized carbons (Fsp3) is 0.292. The van der Waals surface area contributed by atoms with Crippen LogP contribution in [0.1, 0.15) is 17.0 Å². The van der Waals surface area contributed by atoms with E-state index in [4.69, 9.17) is 25.8 Å². The molecule has 1 amide bonds. The molecule has 0 saturated carbocycles. The van der Waals surface area contributed by atoms with E-state index in [2.05, 4.69) is 28.2 Å². The van der Waals surface area contributed by atoms with E-state index in [9.17, 15) is 4.79 Å². The number of benzene rings is 2. The number of carbonyl (C=O) groups excluding carboxylic acids is 1. The van der Waals surface area contributed by atoms with Crippen molar-refractivity contribution in [3.05, 3.63) is 65.0 Å². The van der Waals surface area contributed by atoms with Crippen LogP contribution < -0.4 is 19.5 Å². The van der Waals surface area contributed by atoms with Gasteiger partial charge in [-0.3, -0.25) is 9.36 Å². The number of allylic oxidation sites excluding steroid dienone is 1. The molecule has 0 atom stereocenters. The summed E-state index contributed by atoms with van der Waals surface area (Å²) in [5.41, 5.74) is 2.71. The lowest BCUT2D eigenvalue weighted by Gasteiger charge is -2.13. The first kappa shape index (κ1) is 25.5. The van der Waals surface area contributed by atoms with Crippen molar-refractivity contribution in [2.24, 2.45) is 0 Å². The molecule has 0 fully saturated rings. The van der Waals surface area contributed by atoms with E-state index in [0.717, 1.165) is 16.9 Å². The van der Waals surface area contributed by atoms with Crippen molar-refractivity contribution in [3.63, 3.8) is 0 Å². The number of halogens is 1. The molecule has 1 heterocycles. The highest BCUT2D eigenvalue weighted by Gasteiger charge is 2.16. The molecule has 0 aliphatic heterocycles. The first-order valence-electron chi connectivity index (χ1n) is 10.4. The number of aryl methyl sites for hydroxylation is 2. The Bertz CT molecular complexity index is 1160. The maximum Gasteiger partial charge on any atom is 0.234 e. The Morgan fingerprint density at radius 2 is 1.82 bits per heavy atom. The predicted octanol–water partition coefficient (Wildman–Crippen LogP) is 5.06. The summed E-state index contributed by atoms with van der Waals surface area (Å²) in [5.74, 6) is 2.15. The van der Waals surface area contributed by atoms with Gasteiger partial charge in [0.25, 0.3) is 0 Å². The van der Waals surface area contributed by atoms with Crippen LogP contribution in [0.2, 0.25) is 5.02 Å². The number of amides is 1. The summed E-state index contributed by atoms with van der Waals surface area (Å²) in [4.78, 5) is 12.6. The van der Waals surface area contributed by atoms with Gasteiger partial charge in [-0.1, -0.05) is 35.5 Å². The van der Waals surface area contributed by atoms with Crippen LogP contribution >= 0.6 is 23.4 Å². The molecule has 10 heteroatoms. The van der Waals surface area contributed by atoms with Crippen LogP contribution in [0.15, 0.2) is 48.1 Å². The molecule has 0 radical (unpaired) electrons. The summed E-state index contributed by atoms with van der Waals surface area (Å²) in [7, 11) is 3.00. The Hall–Kier alpha value is -3.17. The standard InChI is InChI=1S/C24H27ClN4O4S/c1-6-7-29-22(13-33-17-9-15(2)8-16(3)10-17)27-28-24(29)34-14-23(30)26-19-12-20(31-4)18(25)11-21(19)32-5/h6,8-12H,1,7,13-14H2,2-5H3,(H,26,30). The highest BCUT2D eigenvalue weighted by molar-refractivity contribution is 7.99. The second kappa shape index (κ2) is 11.8. The average molecular weight is 503 g/mol. The molecule has 0 unspecified atom stereocenters. The van der Waals surface area contributed by atoms with Gasteiger partial charge in [-0.15, -0.1) is 16.8 Å². The molecule has 3 aromatic rings. The number of methoxy groups -OCH3 is 2. The van der Waals surface area contributed by atoms with Gasteiger partial charge in [-0.2, -0.15) is 0 Å². The van der Waals surface area contributed by atoms with E-state index in [-0.39, 0.29) is 18.3 Å². The van der Waals surface area contributed by atoms with Gasteiger partial charge in [0.15, 0.2) is 11.0 Å². The van der Waals surface area contributed by atoms with Crippen LogP contribution in [0.4, 0.5) is 5.69 Å². The number of hydrogen-bond acceptors (Lipinski definition) is 7. The molecule has 0 aliphatic rings. The molecule has 8 nitrogen and oxygen atoms in total. The van der Waals surface area contributed by atoms with Crippen molar-refractivity contribution in [2.75, 3.05) is 25.3 Å². The number of carbonyl (C=O) groups is 1. The van der Waals surface area contributed by atoms with Crippen LogP contribution in [0, 0.1) is 13.8 Å². The van der Waals surface area contributed by atoms with E-state index in [1.165, 1.54) is 26.0 Å². The zero-order valence-electron chi connectivity index (χ0n) is 19.6. The second-order valence-electron chi connectivity index (χ2n) is 7.43. The Morgan fingerprint density at radius 1 is 1.12 bits per heavy atom. The molecule has 0 aliphatic carbocycles. The highest BCUT2D eigenvalue weighted by atomic mass is 35.5. The lowest BCUT2D eigenvalue weighted by atomic mass is 10.1. The van der Waals surface area contributed by atoms with Crippen molar-refractivity contribution in [2.45, 2.75) is 32.2 Å². The Balaban J connectivity index is 1.67. The number of aromatic nitrogens is 3. The average Bonchev–Trinajstić information content (AvgIpc) is 3.18. The maximum absolute atomic E-state index is 12.6. The van der Waals surface area contributed by atoms with E-state index >= 15 is 0 Å². The Kier molecular flexibility index (Phi) is 8.84. The third kappa shape index (κ3) is 6.45. The molecule has 0 bridgehead atoms. The van der Waals surface area contributed by atoms with Gasteiger partial charge in [0.05, 0.1) is 30.7 Å². The maximum atomic E-state index is 12.6. The predicted molar refractivity (Wildman–Crippen MR) is 134 cm³/mol. The number of thioether (sulfide) groups is 1. The van der Waals surface area contributed by atoms with Gasteiger partial charge in [-0.05, 0) is 37.1 Å². The van der Waals surface area contributed by atoms with Crippen LogP contribution in [-0.2, 0) is 17.9 Å². The lowest BCUT2D eigenvalue weighted by Crippen LogP contribution is -2.15. The summed E-state index contributed by atoms with van der Waals surface area (Å²) in [6.45, 7) is 8.60. The minimum Gasteiger partial charge on any atom is -0.495 e. The number of rotatable bonds is 11. The highest BCUT2D eigenvalue weighted by Crippen LogP contribution is 2.36. The topological polar surface area (TPSA) is 87.5 Å². The summed E-state index contributed by atoms with van der Waals surface area (Å²) in [6.07, 6.45) is 1.75. The van der Waals surface area contributed by atoms with Crippen LogP contribution in [-0.4, -0.2) is 40.6 Å². The smallest absolute Gasteiger partial charge is 0.234 e. The molecule has 34 heavy (non-hydrogen) atoms. The van der Waals surface area contributed by atoms with Crippen molar-refractivity contribution in [3.8, 4) is 17.2 Å². The third-order valence-electron chi connectivity index (χ3n) is 4.75. The van der Waals surface area contributed by atoms with Crippen molar-refractivity contribution in [1.82, 2.24) is 14.8 Å². The minimum atomic E-state index is -0.242. The first-order valence-corrected chi connectivity index (χ1v) is 11.8. The van der Waals surface area contributed by atoms with Gasteiger partial charge in [0, 0.05) is 18.7 Å². The zero-order chi connectivity index (χ0) is 24.7. The van der Waals surface area contributed by atoms with Gasteiger partial charge in [0.1, 0.15) is 23.9 Å². The van der Waals surface area contributed by atoms with Crippen molar-refractivity contribution >= 4 is 35.0 Å². The monoisotopic (exact) mass is 502 g/mol. The van der Waals surface area contributed by atoms with Gasteiger partial charge in [-0.25, -0.2) is 0 Å². The Morgan fingerprint density at radius 3 is 2.47 bits per heavy atom. The molecule has 1 N–H and O–H groups in total. The minimum absolute atomic E-state index is 0.112. The molecule has 3 rings (SSSR count). The summed E-state index contributed by atoms with van der Waals surface area (Å²) < 4.78 is 18.3. The van der Waals surface area contributed by atoms with Crippen LogP contribution in [0.5, 0.6) is 17.2 Å². The van der Waals surface area contributed by atoms with E-state index < -0.39 is 0 Å². The SMILES string of the molecule is C=CCn1c(COc2cc(C)cc(C)c2)nnc1SCC(=O)Nc1cc(OC)c(Cl)cc1OC. The molecular formula is C24H27ClN4O4S. The number of ether oxygens (including phenoxy) is 3. The summed E-state index contributed by atoms with van der Waals surface area (Å²) in [6, 6.07) is 9.24. The van der Waals surface area contributed by atoms with Gasteiger partial charge < -0.3 is 19.5 Å². The largest absolute Gasteiger partial charge is 0.495 e. The quantitative estimate of drug-likeness (QED) is 0.289. The molecule has 180 valence electrons. The van der Waals surface area contributed by atoms with Gasteiger partial charge >= 0.3 is 0 Å². The number of nitrogens with one attached hydrogen (secondary N) is 1.